The largest absolute Gasteiger partial charge is 0.293 e. The minimum absolute atomic E-state index is 0.101. The van der Waals surface area contributed by atoms with Gasteiger partial charge in [-0.1, -0.05) is 48.0 Å². The maximum Gasteiger partial charge on any atom is 0.239 e. The van der Waals surface area contributed by atoms with Gasteiger partial charge in [0, 0.05) is 17.6 Å². The van der Waals surface area contributed by atoms with Gasteiger partial charge in [0.2, 0.25) is 11.8 Å². The van der Waals surface area contributed by atoms with Gasteiger partial charge in [-0.05, 0) is 42.3 Å². The molecule has 2 fully saturated rings. The van der Waals surface area contributed by atoms with Crippen LogP contribution in [0.25, 0.3) is 0 Å². The van der Waals surface area contributed by atoms with E-state index in [0.717, 1.165) is 5.56 Å². The van der Waals surface area contributed by atoms with Crippen LogP contribution in [-0.4, -0.2) is 41.1 Å². The zero-order valence-electron chi connectivity index (χ0n) is 15.6. The van der Waals surface area contributed by atoms with Crippen molar-refractivity contribution in [1.29, 1.82) is 0 Å². The first-order valence-electron chi connectivity index (χ1n) is 9.71. The normalized spacial score (nSPS) is 28.3. The lowest BCUT2D eigenvalue weighted by atomic mass is 9.90. The van der Waals surface area contributed by atoms with Crippen molar-refractivity contribution in [3.05, 3.63) is 77.3 Å². The summed E-state index contributed by atoms with van der Waals surface area (Å²) in [4.78, 5) is 42.5. The van der Waals surface area contributed by atoms with Crippen LogP contribution in [0, 0.1) is 11.8 Å². The van der Waals surface area contributed by atoms with E-state index < -0.39 is 17.9 Å². The predicted molar refractivity (Wildman–Crippen MR) is 110 cm³/mol. The summed E-state index contributed by atoms with van der Waals surface area (Å²) in [6, 6.07) is 15.7. The standard InChI is InChI=1S/C23H19ClN2O3/c24-15-6-4-5-14(13-15)11-12-25-17-9-10-18(27)21(25)20-19(17)22(28)26(23(20)29)16-7-2-1-3-8-16/h1-10,13,17,19-21H,11-12H2/t17-,19?,20?,21+/m0/s1. The fraction of sp³-hybridized carbons (Fsp3) is 0.261. The van der Waals surface area contributed by atoms with Crippen LogP contribution in [0.2, 0.25) is 5.02 Å². The molecule has 3 heterocycles. The molecule has 3 aliphatic heterocycles. The second-order valence-electron chi connectivity index (χ2n) is 7.71. The molecule has 0 N–H and O–H groups in total. The number of rotatable bonds is 4. The van der Waals surface area contributed by atoms with Gasteiger partial charge in [0.25, 0.3) is 0 Å². The molecule has 3 aliphatic rings. The third-order valence-corrected chi connectivity index (χ3v) is 6.39. The highest BCUT2D eigenvalue weighted by molar-refractivity contribution is 6.30. The number of amides is 2. The molecule has 0 aliphatic carbocycles. The molecule has 5 rings (SSSR count). The second kappa shape index (κ2) is 6.94. The quantitative estimate of drug-likeness (QED) is 0.732. The Morgan fingerprint density at radius 1 is 0.897 bits per heavy atom. The second-order valence-corrected chi connectivity index (χ2v) is 8.15. The number of carbonyl (C=O) groups is 3. The Labute approximate surface area is 173 Å². The van der Waals surface area contributed by atoms with Gasteiger partial charge in [-0.3, -0.25) is 19.3 Å². The minimum atomic E-state index is -0.630. The zero-order valence-corrected chi connectivity index (χ0v) is 16.3. The highest BCUT2D eigenvalue weighted by Gasteiger charge is 2.64. The molecular formula is C23H19ClN2O3. The van der Waals surface area contributed by atoms with Crippen molar-refractivity contribution in [1.82, 2.24) is 4.90 Å². The molecule has 0 spiro atoms. The molecule has 0 radical (unpaired) electrons. The SMILES string of the molecule is O=C1C=C[C@H]2C3C(=O)N(c4ccccc4)C(=O)C3[C@@H]1N2CCc1cccc(Cl)c1. The number of carbonyl (C=O) groups excluding carboxylic acids is 3. The highest BCUT2D eigenvalue weighted by atomic mass is 35.5. The topological polar surface area (TPSA) is 57.7 Å². The number of imide groups is 1. The molecule has 2 saturated heterocycles. The Morgan fingerprint density at radius 2 is 1.66 bits per heavy atom. The number of hydrogen-bond acceptors (Lipinski definition) is 4. The van der Waals surface area contributed by atoms with Crippen LogP contribution < -0.4 is 4.90 Å². The lowest BCUT2D eigenvalue weighted by molar-refractivity contribution is -0.128. The molecule has 2 aromatic rings. The molecule has 0 saturated carbocycles. The van der Waals surface area contributed by atoms with E-state index in [9.17, 15) is 14.4 Å². The van der Waals surface area contributed by atoms with Gasteiger partial charge in [0.15, 0.2) is 5.78 Å². The predicted octanol–water partition coefficient (Wildman–Crippen LogP) is 2.88. The van der Waals surface area contributed by atoms with Crippen LogP contribution in [0.3, 0.4) is 0 Å². The van der Waals surface area contributed by atoms with Gasteiger partial charge >= 0.3 is 0 Å². The molecule has 4 atom stereocenters. The molecule has 2 bridgehead atoms. The van der Waals surface area contributed by atoms with Crippen LogP contribution in [-0.2, 0) is 20.8 Å². The number of benzene rings is 2. The van der Waals surface area contributed by atoms with Gasteiger partial charge in [0.1, 0.15) is 0 Å². The van der Waals surface area contributed by atoms with E-state index in [1.807, 2.05) is 35.2 Å². The first kappa shape index (κ1) is 18.3. The number of hydrogen-bond donors (Lipinski definition) is 0. The van der Waals surface area contributed by atoms with E-state index >= 15 is 0 Å². The molecule has 2 amide bonds. The fourth-order valence-corrected chi connectivity index (χ4v) is 5.15. The van der Waals surface area contributed by atoms with Crippen LogP contribution in [0.4, 0.5) is 5.69 Å². The summed E-state index contributed by atoms with van der Waals surface area (Å²) in [5.74, 6) is -1.74. The van der Waals surface area contributed by atoms with Crippen molar-refractivity contribution >= 4 is 34.9 Å². The molecule has 146 valence electrons. The van der Waals surface area contributed by atoms with Crippen molar-refractivity contribution in [3.63, 3.8) is 0 Å². The van der Waals surface area contributed by atoms with Crippen LogP contribution in [0.1, 0.15) is 5.56 Å². The van der Waals surface area contributed by atoms with Crippen molar-refractivity contribution in [2.24, 2.45) is 11.8 Å². The van der Waals surface area contributed by atoms with Gasteiger partial charge in [0.05, 0.1) is 23.6 Å². The van der Waals surface area contributed by atoms with Crippen molar-refractivity contribution in [2.45, 2.75) is 18.5 Å². The summed E-state index contributed by atoms with van der Waals surface area (Å²) in [6.45, 7) is 0.588. The van der Waals surface area contributed by atoms with E-state index in [-0.39, 0.29) is 23.6 Å². The smallest absolute Gasteiger partial charge is 0.239 e. The summed E-state index contributed by atoms with van der Waals surface area (Å²) in [7, 11) is 0. The maximum atomic E-state index is 13.2. The molecule has 0 aromatic heterocycles. The lowest BCUT2D eigenvalue weighted by Crippen LogP contribution is -2.49. The van der Waals surface area contributed by atoms with Crippen molar-refractivity contribution in [3.8, 4) is 0 Å². The molecular weight excluding hydrogens is 388 g/mol. The molecule has 6 heteroatoms. The monoisotopic (exact) mass is 406 g/mol. The van der Waals surface area contributed by atoms with Gasteiger partial charge in [-0.15, -0.1) is 0 Å². The maximum absolute atomic E-state index is 13.2. The van der Waals surface area contributed by atoms with E-state index in [2.05, 4.69) is 0 Å². The Bertz CT molecular complexity index is 1040. The number of anilines is 1. The van der Waals surface area contributed by atoms with Crippen LogP contribution in [0.5, 0.6) is 0 Å². The van der Waals surface area contributed by atoms with E-state index in [4.69, 9.17) is 11.6 Å². The Morgan fingerprint density at radius 3 is 2.41 bits per heavy atom. The summed E-state index contributed by atoms with van der Waals surface area (Å²) in [6.07, 6.45) is 4.02. The minimum Gasteiger partial charge on any atom is -0.293 e. The molecule has 2 aromatic carbocycles. The van der Waals surface area contributed by atoms with E-state index in [1.165, 1.54) is 11.0 Å². The number of ketones is 1. The summed E-state index contributed by atoms with van der Waals surface area (Å²) < 4.78 is 0. The van der Waals surface area contributed by atoms with Gasteiger partial charge in [-0.2, -0.15) is 0 Å². The Kier molecular flexibility index (Phi) is 4.37. The third kappa shape index (κ3) is 2.84. The Balaban J connectivity index is 1.44. The van der Waals surface area contributed by atoms with E-state index in [0.29, 0.717) is 23.7 Å². The molecule has 5 nitrogen and oxygen atoms in total. The van der Waals surface area contributed by atoms with Crippen molar-refractivity contribution < 1.29 is 14.4 Å². The third-order valence-electron chi connectivity index (χ3n) is 6.16. The summed E-state index contributed by atoms with van der Waals surface area (Å²) in [5, 5.41) is 0.667. The highest BCUT2D eigenvalue weighted by Crippen LogP contribution is 2.46. The first-order chi connectivity index (χ1) is 14.1. The van der Waals surface area contributed by atoms with Gasteiger partial charge in [-0.25, -0.2) is 4.90 Å². The van der Waals surface area contributed by atoms with E-state index in [1.54, 1.807) is 30.3 Å². The average Bonchev–Trinajstić information content (AvgIpc) is 3.11. The lowest BCUT2D eigenvalue weighted by Gasteiger charge is -2.33. The van der Waals surface area contributed by atoms with Crippen LogP contribution in [0.15, 0.2) is 66.7 Å². The number of fused-ring (bicyclic) bond motifs is 5. The number of nitrogens with zero attached hydrogens (tertiary/aromatic N) is 2. The number of halogens is 1. The van der Waals surface area contributed by atoms with Crippen LogP contribution >= 0.6 is 11.6 Å². The number of para-hydroxylation sites is 1. The average molecular weight is 407 g/mol. The van der Waals surface area contributed by atoms with Gasteiger partial charge < -0.3 is 0 Å². The Hall–Kier alpha value is -2.76. The zero-order chi connectivity index (χ0) is 20.1. The molecule has 29 heavy (non-hydrogen) atoms. The fourth-order valence-electron chi connectivity index (χ4n) is 4.93. The van der Waals surface area contributed by atoms with Crippen molar-refractivity contribution in [2.75, 3.05) is 11.4 Å². The first-order valence-corrected chi connectivity index (χ1v) is 10.1. The summed E-state index contributed by atoms with van der Waals surface area (Å²) in [5.41, 5.74) is 1.63. The molecule has 2 unspecified atom stereocenters. The summed E-state index contributed by atoms with van der Waals surface area (Å²) >= 11 is 6.08.